The van der Waals surface area contributed by atoms with Crippen LogP contribution in [0.4, 0.5) is 8.78 Å². The van der Waals surface area contributed by atoms with E-state index in [4.69, 9.17) is 0 Å². The first-order chi connectivity index (χ1) is 10.2. The Kier molecular flexibility index (Phi) is 4.85. The van der Waals surface area contributed by atoms with E-state index in [9.17, 15) is 25.6 Å². The lowest BCUT2D eigenvalue weighted by Crippen LogP contribution is -2.50. The molecular weight excluding hydrogens is 338 g/mol. The Bertz CT molecular complexity index is 737. The molecule has 0 aliphatic carbocycles. The zero-order valence-corrected chi connectivity index (χ0v) is 13.5. The van der Waals surface area contributed by atoms with Crippen LogP contribution in [0.25, 0.3) is 0 Å². The molecule has 22 heavy (non-hydrogen) atoms. The van der Waals surface area contributed by atoms with E-state index in [1.165, 1.54) is 11.2 Å². The summed E-state index contributed by atoms with van der Waals surface area (Å²) in [5.74, 6) is -2.02. The topological polar surface area (TPSA) is 74.8 Å². The Balaban J connectivity index is 2.20. The second-order valence-electron chi connectivity index (χ2n) is 4.81. The number of piperazine rings is 1. The summed E-state index contributed by atoms with van der Waals surface area (Å²) in [4.78, 5) is -0.475. The molecule has 2 rings (SSSR count). The summed E-state index contributed by atoms with van der Waals surface area (Å²) in [7, 11) is -7.43. The van der Waals surface area contributed by atoms with Gasteiger partial charge in [-0.25, -0.2) is 25.6 Å². The van der Waals surface area contributed by atoms with E-state index in [1.807, 2.05) is 0 Å². The third-order valence-electron chi connectivity index (χ3n) is 3.43. The largest absolute Gasteiger partial charge is 0.243 e. The first kappa shape index (κ1) is 17.3. The fourth-order valence-electron chi connectivity index (χ4n) is 2.20. The first-order valence-corrected chi connectivity index (χ1v) is 9.66. The molecule has 0 unspecified atom stereocenters. The number of sulfonamides is 2. The van der Waals surface area contributed by atoms with Gasteiger partial charge in [-0.3, -0.25) is 0 Å². The van der Waals surface area contributed by atoms with Gasteiger partial charge in [0.05, 0.1) is 10.6 Å². The van der Waals surface area contributed by atoms with E-state index in [-0.39, 0.29) is 31.9 Å². The highest BCUT2D eigenvalue weighted by Gasteiger charge is 2.32. The maximum atomic E-state index is 13.2. The number of halogens is 2. The molecule has 1 aliphatic heterocycles. The second kappa shape index (κ2) is 6.19. The SMILES string of the molecule is CCS(=O)(=O)N1CCN(S(=O)(=O)c2cc(F)cc(F)c2)CC1. The van der Waals surface area contributed by atoms with E-state index >= 15 is 0 Å². The Morgan fingerprint density at radius 3 is 1.82 bits per heavy atom. The number of benzene rings is 1. The van der Waals surface area contributed by atoms with Crippen LogP contribution in [-0.4, -0.2) is 57.4 Å². The van der Waals surface area contributed by atoms with Crippen LogP contribution in [-0.2, 0) is 20.0 Å². The zero-order chi connectivity index (χ0) is 16.5. The van der Waals surface area contributed by atoms with Crippen molar-refractivity contribution < 1.29 is 25.6 Å². The van der Waals surface area contributed by atoms with E-state index in [0.29, 0.717) is 6.07 Å². The fourth-order valence-corrected chi connectivity index (χ4v) is 4.75. The quantitative estimate of drug-likeness (QED) is 0.794. The van der Waals surface area contributed by atoms with Gasteiger partial charge in [0.2, 0.25) is 20.0 Å². The predicted octanol–water partition coefficient (Wildman–Crippen LogP) is 0.621. The molecule has 0 spiro atoms. The monoisotopic (exact) mass is 354 g/mol. The van der Waals surface area contributed by atoms with Gasteiger partial charge in [-0.1, -0.05) is 0 Å². The molecule has 1 aromatic carbocycles. The third-order valence-corrected chi connectivity index (χ3v) is 7.19. The molecule has 1 aromatic rings. The van der Waals surface area contributed by atoms with Gasteiger partial charge in [0.15, 0.2) is 0 Å². The van der Waals surface area contributed by atoms with E-state index in [2.05, 4.69) is 0 Å². The fraction of sp³-hybridized carbons (Fsp3) is 0.500. The van der Waals surface area contributed by atoms with Crippen LogP contribution in [0.3, 0.4) is 0 Å². The van der Waals surface area contributed by atoms with Crippen molar-refractivity contribution >= 4 is 20.0 Å². The smallest absolute Gasteiger partial charge is 0.212 e. The van der Waals surface area contributed by atoms with Crippen LogP contribution in [0.5, 0.6) is 0 Å². The zero-order valence-electron chi connectivity index (χ0n) is 11.9. The molecule has 0 atom stereocenters. The average molecular weight is 354 g/mol. The van der Waals surface area contributed by atoms with E-state index in [0.717, 1.165) is 16.4 Å². The molecule has 124 valence electrons. The molecule has 6 nitrogen and oxygen atoms in total. The van der Waals surface area contributed by atoms with Gasteiger partial charge >= 0.3 is 0 Å². The molecule has 0 radical (unpaired) electrons. The molecule has 0 saturated carbocycles. The minimum absolute atomic E-state index is 0.0210. The van der Waals surface area contributed by atoms with Crippen molar-refractivity contribution in [2.75, 3.05) is 31.9 Å². The molecule has 0 bridgehead atoms. The normalized spacial score (nSPS) is 18.5. The molecule has 0 amide bonds. The second-order valence-corrected chi connectivity index (χ2v) is 9.00. The van der Waals surface area contributed by atoms with Crippen molar-refractivity contribution in [3.8, 4) is 0 Å². The van der Waals surface area contributed by atoms with E-state index < -0.39 is 36.6 Å². The maximum Gasteiger partial charge on any atom is 0.243 e. The third kappa shape index (κ3) is 3.45. The molecule has 0 N–H and O–H groups in total. The number of nitrogens with zero attached hydrogens (tertiary/aromatic N) is 2. The average Bonchev–Trinajstić information content (AvgIpc) is 2.46. The summed E-state index contributed by atoms with van der Waals surface area (Å²) in [6.45, 7) is 1.44. The van der Waals surface area contributed by atoms with Crippen molar-refractivity contribution in [3.63, 3.8) is 0 Å². The van der Waals surface area contributed by atoms with Gasteiger partial charge in [-0.05, 0) is 19.1 Å². The van der Waals surface area contributed by atoms with Crippen molar-refractivity contribution in [3.05, 3.63) is 29.8 Å². The van der Waals surface area contributed by atoms with Gasteiger partial charge in [-0.15, -0.1) is 0 Å². The lowest BCUT2D eigenvalue weighted by Gasteiger charge is -2.33. The lowest BCUT2D eigenvalue weighted by molar-refractivity contribution is 0.273. The highest BCUT2D eigenvalue weighted by molar-refractivity contribution is 7.89. The van der Waals surface area contributed by atoms with Crippen LogP contribution in [0.2, 0.25) is 0 Å². The summed E-state index contributed by atoms with van der Waals surface area (Å²) in [5.41, 5.74) is 0. The molecule has 1 aliphatic rings. The molecular formula is C12H16F2N2O4S2. The van der Waals surface area contributed by atoms with Crippen LogP contribution < -0.4 is 0 Å². The summed E-state index contributed by atoms with van der Waals surface area (Å²) >= 11 is 0. The molecule has 10 heteroatoms. The summed E-state index contributed by atoms with van der Waals surface area (Å²) in [5, 5.41) is 0. The number of rotatable bonds is 4. The van der Waals surface area contributed by atoms with Crippen LogP contribution in [0, 0.1) is 11.6 Å². The molecule has 0 aromatic heterocycles. The number of hydrogen-bond donors (Lipinski definition) is 0. The van der Waals surface area contributed by atoms with Gasteiger partial charge in [0.1, 0.15) is 11.6 Å². The highest BCUT2D eigenvalue weighted by Crippen LogP contribution is 2.20. The summed E-state index contributed by atoms with van der Waals surface area (Å²) in [6.07, 6.45) is 0. The molecule has 1 fully saturated rings. The maximum absolute atomic E-state index is 13.2. The Hall–Kier alpha value is -1.10. The Labute approximate surface area is 128 Å². The predicted molar refractivity (Wildman–Crippen MR) is 76.2 cm³/mol. The summed E-state index contributed by atoms with van der Waals surface area (Å²) in [6, 6.07) is 2.08. The van der Waals surface area contributed by atoms with Crippen molar-refractivity contribution in [2.24, 2.45) is 0 Å². The molecule has 1 saturated heterocycles. The van der Waals surface area contributed by atoms with Crippen LogP contribution in [0.15, 0.2) is 23.1 Å². The van der Waals surface area contributed by atoms with Crippen molar-refractivity contribution in [1.82, 2.24) is 8.61 Å². The standard InChI is InChI=1S/C12H16F2N2O4S2/c1-2-21(17,18)15-3-5-16(6-4-15)22(19,20)12-8-10(13)7-11(14)9-12/h7-9H,2-6H2,1H3. The number of hydrogen-bond acceptors (Lipinski definition) is 4. The van der Waals surface area contributed by atoms with Crippen LogP contribution >= 0.6 is 0 Å². The van der Waals surface area contributed by atoms with Gasteiger partial charge in [0.25, 0.3) is 0 Å². The van der Waals surface area contributed by atoms with E-state index in [1.54, 1.807) is 0 Å². The van der Waals surface area contributed by atoms with Gasteiger partial charge in [-0.2, -0.15) is 8.61 Å². The van der Waals surface area contributed by atoms with Crippen molar-refractivity contribution in [2.45, 2.75) is 11.8 Å². The summed E-state index contributed by atoms with van der Waals surface area (Å²) < 4.78 is 76.7. The first-order valence-electron chi connectivity index (χ1n) is 6.61. The molecule has 1 heterocycles. The Morgan fingerprint density at radius 2 is 1.36 bits per heavy atom. The van der Waals surface area contributed by atoms with Gasteiger partial charge in [0, 0.05) is 32.2 Å². The van der Waals surface area contributed by atoms with Gasteiger partial charge < -0.3 is 0 Å². The highest BCUT2D eigenvalue weighted by atomic mass is 32.2. The van der Waals surface area contributed by atoms with Crippen molar-refractivity contribution in [1.29, 1.82) is 0 Å². The van der Waals surface area contributed by atoms with Crippen LogP contribution in [0.1, 0.15) is 6.92 Å². The lowest BCUT2D eigenvalue weighted by atomic mass is 10.3. The minimum Gasteiger partial charge on any atom is -0.212 e. The minimum atomic E-state index is -4.05. The Morgan fingerprint density at radius 1 is 0.909 bits per heavy atom.